The molecule has 7 N–H and O–H groups in total. The van der Waals surface area contributed by atoms with Gasteiger partial charge in [-0.05, 0) is 12.5 Å². The van der Waals surface area contributed by atoms with Crippen molar-refractivity contribution in [2.45, 2.75) is 37.6 Å². The SMILES string of the molecule is CC(O)C(NC(=O)CN)C(=O)NC(Cc1ccccc1)C(=O)NC(CS)C(=O)O. The molecule has 0 saturated carbocycles. The van der Waals surface area contributed by atoms with Crippen LogP contribution in [-0.4, -0.2) is 70.4 Å². The van der Waals surface area contributed by atoms with Crippen molar-refractivity contribution in [3.05, 3.63) is 35.9 Å². The molecule has 0 fully saturated rings. The summed E-state index contributed by atoms with van der Waals surface area (Å²) in [7, 11) is 0. The van der Waals surface area contributed by atoms with E-state index in [-0.39, 0.29) is 18.7 Å². The first-order valence-electron chi connectivity index (χ1n) is 8.85. The number of benzene rings is 1. The van der Waals surface area contributed by atoms with Gasteiger partial charge in [0.2, 0.25) is 17.7 Å². The lowest BCUT2D eigenvalue weighted by atomic mass is 10.0. The Balaban J connectivity index is 3.02. The molecule has 1 aromatic carbocycles. The Labute approximate surface area is 173 Å². The van der Waals surface area contributed by atoms with Gasteiger partial charge in [0.05, 0.1) is 12.6 Å². The molecule has 11 heteroatoms. The number of carboxylic acids is 1. The maximum Gasteiger partial charge on any atom is 0.327 e. The van der Waals surface area contributed by atoms with Gasteiger partial charge in [-0.1, -0.05) is 30.3 Å². The molecule has 3 amide bonds. The van der Waals surface area contributed by atoms with Crippen molar-refractivity contribution in [3.8, 4) is 0 Å². The summed E-state index contributed by atoms with van der Waals surface area (Å²) >= 11 is 3.90. The second kappa shape index (κ2) is 12.0. The van der Waals surface area contributed by atoms with E-state index < -0.39 is 47.9 Å². The van der Waals surface area contributed by atoms with Gasteiger partial charge in [0.1, 0.15) is 18.1 Å². The minimum absolute atomic E-state index is 0.0642. The minimum Gasteiger partial charge on any atom is -0.480 e. The molecular weight excluding hydrogens is 400 g/mol. The number of rotatable bonds is 11. The first-order chi connectivity index (χ1) is 13.7. The average molecular weight is 426 g/mol. The normalized spacial score (nSPS) is 14.8. The number of aliphatic carboxylic acids is 1. The lowest BCUT2D eigenvalue weighted by Gasteiger charge is -2.25. The molecule has 10 nitrogen and oxygen atoms in total. The highest BCUT2D eigenvalue weighted by Crippen LogP contribution is 2.06. The van der Waals surface area contributed by atoms with Crippen LogP contribution in [0.15, 0.2) is 30.3 Å². The third kappa shape index (κ3) is 8.10. The predicted molar refractivity (Wildman–Crippen MR) is 108 cm³/mol. The summed E-state index contributed by atoms with van der Waals surface area (Å²) in [6.07, 6.45) is -1.19. The molecule has 0 radical (unpaired) electrons. The zero-order valence-electron chi connectivity index (χ0n) is 15.9. The van der Waals surface area contributed by atoms with Gasteiger partial charge in [-0.25, -0.2) is 4.79 Å². The van der Waals surface area contributed by atoms with Crippen molar-refractivity contribution >= 4 is 36.3 Å². The number of aliphatic hydroxyl groups excluding tert-OH is 1. The topological polar surface area (TPSA) is 171 Å². The van der Waals surface area contributed by atoms with E-state index >= 15 is 0 Å². The summed E-state index contributed by atoms with van der Waals surface area (Å²) in [5.41, 5.74) is 5.93. The van der Waals surface area contributed by atoms with Crippen molar-refractivity contribution < 1.29 is 29.4 Å². The number of amides is 3. The zero-order valence-corrected chi connectivity index (χ0v) is 16.8. The van der Waals surface area contributed by atoms with E-state index in [0.29, 0.717) is 5.56 Å². The molecule has 0 heterocycles. The summed E-state index contributed by atoms with van der Waals surface area (Å²) < 4.78 is 0. The molecule has 160 valence electrons. The molecule has 29 heavy (non-hydrogen) atoms. The monoisotopic (exact) mass is 426 g/mol. The Kier molecular flexibility index (Phi) is 10.1. The number of hydrogen-bond donors (Lipinski definition) is 7. The molecule has 4 unspecified atom stereocenters. The summed E-state index contributed by atoms with van der Waals surface area (Å²) in [5, 5.41) is 26.0. The van der Waals surface area contributed by atoms with E-state index in [0.717, 1.165) is 0 Å². The van der Waals surface area contributed by atoms with E-state index in [9.17, 15) is 24.3 Å². The number of carbonyl (C=O) groups is 4. The van der Waals surface area contributed by atoms with Crippen LogP contribution in [0.1, 0.15) is 12.5 Å². The molecule has 0 aliphatic carbocycles. The van der Waals surface area contributed by atoms with Crippen molar-refractivity contribution in [1.82, 2.24) is 16.0 Å². The van der Waals surface area contributed by atoms with Gasteiger partial charge in [0.15, 0.2) is 0 Å². The highest BCUT2D eigenvalue weighted by Gasteiger charge is 2.31. The summed E-state index contributed by atoms with van der Waals surface area (Å²) in [6, 6.07) is 5.03. The number of aliphatic hydroxyl groups is 1. The van der Waals surface area contributed by atoms with E-state index in [2.05, 4.69) is 28.6 Å². The van der Waals surface area contributed by atoms with Crippen LogP contribution in [0.5, 0.6) is 0 Å². The van der Waals surface area contributed by atoms with E-state index in [1.165, 1.54) is 6.92 Å². The van der Waals surface area contributed by atoms with Crippen LogP contribution in [0, 0.1) is 0 Å². The molecule has 0 aliphatic rings. The Bertz CT molecular complexity index is 716. The third-order valence-corrected chi connectivity index (χ3v) is 4.34. The number of nitrogens with two attached hydrogens (primary N) is 1. The molecular formula is C18H26N4O6S. The third-order valence-electron chi connectivity index (χ3n) is 3.98. The number of hydrogen-bond acceptors (Lipinski definition) is 7. The molecule has 1 aromatic rings. The van der Waals surface area contributed by atoms with Gasteiger partial charge < -0.3 is 31.9 Å². The second-order valence-corrected chi connectivity index (χ2v) is 6.69. The van der Waals surface area contributed by atoms with E-state index in [1.807, 2.05) is 0 Å². The Morgan fingerprint density at radius 3 is 2.10 bits per heavy atom. The molecule has 4 atom stereocenters. The van der Waals surface area contributed by atoms with Crippen LogP contribution >= 0.6 is 12.6 Å². The van der Waals surface area contributed by atoms with Crippen molar-refractivity contribution in [2.24, 2.45) is 5.73 Å². The molecule has 0 spiro atoms. The highest BCUT2D eigenvalue weighted by molar-refractivity contribution is 7.80. The maximum atomic E-state index is 12.6. The van der Waals surface area contributed by atoms with Crippen molar-refractivity contribution in [3.63, 3.8) is 0 Å². The first kappa shape index (κ1) is 24.4. The fourth-order valence-corrected chi connectivity index (χ4v) is 2.66. The second-order valence-electron chi connectivity index (χ2n) is 6.32. The molecule has 1 rings (SSSR count). The van der Waals surface area contributed by atoms with Crippen molar-refractivity contribution in [1.29, 1.82) is 0 Å². The summed E-state index contributed by atoms with van der Waals surface area (Å²) in [6.45, 7) is 0.918. The Hall–Kier alpha value is -2.63. The molecule has 0 saturated heterocycles. The van der Waals surface area contributed by atoms with Crippen LogP contribution < -0.4 is 21.7 Å². The lowest BCUT2D eigenvalue weighted by molar-refractivity contribution is -0.141. The number of carboxylic acid groups (broad SMARTS) is 1. The maximum absolute atomic E-state index is 12.6. The number of thiol groups is 1. The fourth-order valence-electron chi connectivity index (χ4n) is 2.42. The van der Waals surface area contributed by atoms with Gasteiger partial charge in [0.25, 0.3) is 0 Å². The fraction of sp³-hybridized carbons (Fsp3) is 0.444. The number of carbonyl (C=O) groups excluding carboxylic acids is 3. The Morgan fingerprint density at radius 1 is 1.03 bits per heavy atom. The summed E-state index contributed by atoms with van der Waals surface area (Å²) in [5.74, 6) is -3.62. The Morgan fingerprint density at radius 2 is 1.62 bits per heavy atom. The largest absolute Gasteiger partial charge is 0.480 e. The van der Waals surface area contributed by atoms with Crippen LogP contribution in [0.2, 0.25) is 0 Å². The van der Waals surface area contributed by atoms with Crippen molar-refractivity contribution in [2.75, 3.05) is 12.3 Å². The predicted octanol–water partition coefficient (Wildman–Crippen LogP) is -1.96. The standard InChI is InChI=1S/C18H26N4O6S/c1-10(23)15(22-14(24)8-19)17(26)20-12(7-11-5-3-2-4-6-11)16(25)21-13(9-29)18(27)28/h2-6,10,12-13,15,23,29H,7-9,19H2,1H3,(H,20,26)(H,21,25)(H,22,24)(H,27,28). The minimum atomic E-state index is -1.34. The van der Waals surface area contributed by atoms with Gasteiger partial charge in [-0.2, -0.15) is 12.6 Å². The van der Waals surface area contributed by atoms with Gasteiger partial charge in [0, 0.05) is 12.2 Å². The van der Waals surface area contributed by atoms with E-state index in [1.54, 1.807) is 30.3 Å². The number of nitrogens with one attached hydrogen (secondary N) is 3. The zero-order chi connectivity index (χ0) is 22.0. The van der Waals surface area contributed by atoms with Gasteiger partial charge in [-0.15, -0.1) is 0 Å². The smallest absolute Gasteiger partial charge is 0.327 e. The van der Waals surface area contributed by atoms with Crippen LogP contribution in [0.25, 0.3) is 0 Å². The highest BCUT2D eigenvalue weighted by atomic mass is 32.1. The van der Waals surface area contributed by atoms with Crippen LogP contribution in [0.4, 0.5) is 0 Å². The summed E-state index contributed by atoms with van der Waals surface area (Å²) in [4.78, 5) is 47.9. The quantitative estimate of drug-likeness (QED) is 0.201. The van der Waals surface area contributed by atoms with Gasteiger partial charge in [-0.3, -0.25) is 14.4 Å². The molecule has 0 aliphatic heterocycles. The molecule has 0 bridgehead atoms. The molecule has 0 aromatic heterocycles. The first-order valence-corrected chi connectivity index (χ1v) is 9.48. The average Bonchev–Trinajstić information content (AvgIpc) is 2.69. The van der Waals surface area contributed by atoms with Crippen LogP contribution in [-0.2, 0) is 25.6 Å². The van der Waals surface area contributed by atoms with Gasteiger partial charge >= 0.3 is 5.97 Å². The van der Waals surface area contributed by atoms with Crippen LogP contribution in [0.3, 0.4) is 0 Å². The lowest BCUT2D eigenvalue weighted by Crippen LogP contribution is -2.59. The van der Waals surface area contributed by atoms with E-state index in [4.69, 9.17) is 10.8 Å².